The van der Waals surface area contributed by atoms with Gasteiger partial charge in [-0.25, -0.2) is 14.4 Å². The average Bonchev–Trinajstić information content (AvgIpc) is 3.33. The number of hydrogen-bond acceptors (Lipinski definition) is 9. The number of hydrogen-bond donors (Lipinski definition) is 3. The summed E-state index contributed by atoms with van der Waals surface area (Å²) < 4.78 is 31.2. The van der Waals surface area contributed by atoms with Gasteiger partial charge in [-0.2, -0.15) is 11.8 Å². The predicted molar refractivity (Wildman–Crippen MR) is 128 cm³/mol. The molecule has 0 radical (unpaired) electrons. The van der Waals surface area contributed by atoms with E-state index in [2.05, 4.69) is 15.3 Å². The molecule has 0 saturated carbocycles. The number of ether oxygens (including phenoxy) is 3. The van der Waals surface area contributed by atoms with Crippen molar-refractivity contribution >= 4 is 51.5 Å². The Hall–Kier alpha value is -2.37. The molecule has 2 aromatic carbocycles. The number of rotatable bonds is 4. The van der Waals surface area contributed by atoms with E-state index in [0.29, 0.717) is 33.1 Å². The van der Waals surface area contributed by atoms with E-state index in [1.807, 2.05) is 12.5 Å². The maximum absolute atomic E-state index is 14.0. The fourth-order valence-electron chi connectivity index (χ4n) is 3.79. The lowest BCUT2D eigenvalue weighted by Crippen LogP contribution is -2.34. The molecule has 176 valence electrons. The Kier molecular flexibility index (Phi) is 7.40. The molecule has 4 atom stereocenters. The third-order valence-electron chi connectivity index (χ3n) is 5.17. The highest BCUT2D eigenvalue weighted by molar-refractivity contribution is 7.97. The van der Waals surface area contributed by atoms with E-state index in [-0.39, 0.29) is 19.0 Å². The van der Waals surface area contributed by atoms with Gasteiger partial charge in [0.25, 0.3) is 0 Å². The molecule has 0 spiro atoms. The van der Waals surface area contributed by atoms with Gasteiger partial charge < -0.3 is 30.4 Å². The summed E-state index contributed by atoms with van der Waals surface area (Å²) in [6.07, 6.45) is 3.41. The summed E-state index contributed by atoms with van der Waals surface area (Å²) in [6, 6.07) is 7.42. The van der Waals surface area contributed by atoms with E-state index in [9.17, 15) is 9.50 Å². The van der Waals surface area contributed by atoms with Gasteiger partial charge in [0.15, 0.2) is 6.10 Å². The maximum Gasteiger partial charge on any atom is 0.151 e. The molecule has 1 aromatic heterocycles. The highest BCUT2D eigenvalue weighted by Gasteiger charge is 2.48. The van der Waals surface area contributed by atoms with Gasteiger partial charge in [-0.3, -0.25) is 0 Å². The second-order valence-corrected chi connectivity index (χ2v) is 8.84. The van der Waals surface area contributed by atoms with Gasteiger partial charge >= 0.3 is 0 Å². The minimum absolute atomic E-state index is 0.179. The molecule has 5 rings (SSSR count). The Morgan fingerprint density at radius 2 is 1.94 bits per heavy atom. The van der Waals surface area contributed by atoms with Crippen molar-refractivity contribution in [2.45, 2.75) is 24.4 Å². The Labute approximate surface area is 199 Å². The van der Waals surface area contributed by atoms with Crippen LogP contribution in [0.4, 0.5) is 21.6 Å². The van der Waals surface area contributed by atoms with Crippen molar-refractivity contribution in [2.75, 3.05) is 36.8 Å². The quantitative estimate of drug-likeness (QED) is 0.468. The third kappa shape index (κ3) is 5.10. The van der Waals surface area contributed by atoms with Crippen molar-refractivity contribution in [3.63, 3.8) is 0 Å². The number of nitrogens with one attached hydrogen (secondary N) is 1. The zero-order valence-corrected chi connectivity index (χ0v) is 19.6. The maximum atomic E-state index is 14.0. The monoisotopic (exact) mass is 494 g/mol. The molecule has 0 aliphatic carbocycles. The highest BCUT2D eigenvalue weighted by atomic mass is 35.5. The van der Waals surface area contributed by atoms with Gasteiger partial charge in [-0.15, -0.1) is 0 Å². The Bertz CT molecular complexity index is 1140. The Morgan fingerprint density at radius 3 is 2.73 bits per heavy atom. The number of nitrogens with two attached hydrogens (primary N) is 1. The summed E-state index contributed by atoms with van der Waals surface area (Å²) in [5, 5.41) is 14.0. The lowest BCUT2D eigenvalue weighted by atomic mass is 10.1. The average molecular weight is 495 g/mol. The van der Waals surface area contributed by atoms with Gasteiger partial charge in [0.2, 0.25) is 0 Å². The first-order valence-corrected chi connectivity index (χ1v) is 12.2. The molecular weight excluding hydrogens is 471 g/mol. The van der Waals surface area contributed by atoms with Crippen molar-refractivity contribution in [3.8, 4) is 5.75 Å². The molecule has 3 aromatic rings. The summed E-state index contributed by atoms with van der Waals surface area (Å²) in [6.45, 7) is 0.405. The standard InChI is InChI=1S/C20H18ClFN4O4.C2H6S/c21-11-4-10(23)5-13-17(11)20(25-8-24-13)26-12-2-1-9(22)3-15(12)30-16-7-29-18-14(27)6-28-19(16)18;1-3-2/h1-5,8,14,16,18-19,27H,6-7,23H2,(H,24,25,26);1-2H3. The van der Waals surface area contributed by atoms with Crippen molar-refractivity contribution in [1.82, 2.24) is 9.97 Å². The molecule has 33 heavy (non-hydrogen) atoms. The number of halogens is 2. The lowest BCUT2D eigenvalue weighted by molar-refractivity contribution is 0.00871. The number of thioether (sulfide) groups is 1. The molecule has 8 nitrogen and oxygen atoms in total. The van der Waals surface area contributed by atoms with Crippen molar-refractivity contribution < 1.29 is 23.7 Å². The summed E-state index contributed by atoms with van der Waals surface area (Å²) in [7, 11) is 0. The number of aliphatic hydroxyl groups is 1. The van der Waals surface area contributed by atoms with Gasteiger partial charge in [0, 0.05) is 11.8 Å². The van der Waals surface area contributed by atoms with Crippen molar-refractivity contribution in [3.05, 3.63) is 47.5 Å². The highest BCUT2D eigenvalue weighted by Crippen LogP contribution is 2.37. The van der Waals surface area contributed by atoms with Crippen molar-refractivity contribution in [1.29, 1.82) is 0 Å². The van der Waals surface area contributed by atoms with Crippen LogP contribution < -0.4 is 15.8 Å². The zero-order valence-electron chi connectivity index (χ0n) is 18.0. The summed E-state index contributed by atoms with van der Waals surface area (Å²) in [5.41, 5.74) is 7.38. The molecule has 2 aliphatic rings. The molecule has 3 heterocycles. The molecule has 2 fully saturated rings. The van der Waals surface area contributed by atoms with Gasteiger partial charge in [0.1, 0.15) is 42.0 Å². The van der Waals surface area contributed by atoms with Crippen LogP contribution in [0.5, 0.6) is 5.75 Å². The molecule has 0 bridgehead atoms. The first-order valence-electron chi connectivity index (χ1n) is 10.2. The van der Waals surface area contributed by atoms with Gasteiger partial charge in [-0.1, -0.05) is 11.6 Å². The smallest absolute Gasteiger partial charge is 0.151 e. The number of aromatic nitrogens is 2. The van der Waals surface area contributed by atoms with Crippen LogP contribution in [0.15, 0.2) is 36.7 Å². The van der Waals surface area contributed by atoms with E-state index >= 15 is 0 Å². The van der Waals surface area contributed by atoms with Gasteiger partial charge in [-0.05, 0) is 36.8 Å². The van der Waals surface area contributed by atoms with Crippen LogP contribution >= 0.6 is 23.4 Å². The SMILES string of the molecule is CSC.Nc1cc(Cl)c2c(Nc3ccc(F)cc3OC3COC4C(O)COC34)ncnc2c1. The largest absolute Gasteiger partial charge is 0.483 e. The minimum atomic E-state index is -0.698. The number of aliphatic hydroxyl groups excluding tert-OH is 1. The molecular formula is C22H24ClFN4O4S. The van der Waals surface area contributed by atoms with Crippen molar-refractivity contribution in [2.24, 2.45) is 0 Å². The summed E-state index contributed by atoms with van der Waals surface area (Å²) in [4.78, 5) is 8.48. The second-order valence-electron chi connectivity index (χ2n) is 7.61. The number of fused-ring (bicyclic) bond motifs is 2. The molecule has 2 saturated heterocycles. The minimum Gasteiger partial charge on any atom is -0.483 e. The number of anilines is 3. The number of nitrogens with zero attached hydrogens (tertiary/aromatic N) is 2. The lowest BCUT2D eigenvalue weighted by Gasteiger charge is -2.20. The van der Waals surface area contributed by atoms with Crippen LogP contribution in [0, 0.1) is 5.82 Å². The fraction of sp³-hybridized carbons (Fsp3) is 0.364. The van der Waals surface area contributed by atoms with E-state index in [0.717, 1.165) is 0 Å². The van der Waals surface area contributed by atoms with Crippen LogP contribution in [0.1, 0.15) is 0 Å². The number of nitrogen functional groups attached to an aromatic ring is 1. The van der Waals surface area contributed by atoms with Crippen LogP contribution in [-0.2, 0) is 9.47 Å². The van der Waals surface area contributed by atoms with E-state index < -0.39 is 30.2 Å². The van der Waals surface area contributed by atoms with E-state index in [1.54, 1.807) is 30.0 Å². The third-order valence-corrected chi connectivity index (χ3v) is 5.47. The Balaban J connectivity index is 0.000000821. The first kappa shape index (κ1) is 23.8. The molecule has 4 unspecified atom stereocenters. The first-order chi connectivity index (χ1) is 15.9. The van der Waals surface area contributed by atoms with Gasteiger partial charge in [0.05, 0.1) is 34.8 Å². The molecule has 11 heteroatoms. The zero-order chi connectivity index (χ0) is 23.5. The fourth-order valence-corrected chi connectivity index (χ4v) is 4.10. The van der Waals surface area contributed by atoms with Crippen LogP contribution in [0.3, 0.4) is 0 Å². The number of benzene rings is 2. The summed E-state index contributed by atoms with van der Waals surface area (Å²) in [5.74, 6) is 0.221. The van der Waals surface area contributed by atoms with Crippen LogP contribution in [0.25, 0.3) is 10.9 Å². The molecule has 4 N–H and O–H groups in total. The Morgan fingerprint density at radius 1 is 1.18 bits per heavy atom. The van der Waals surface area contributed by atoms with E-state index in [1.165, 1.54) is 18.5 Å². The van der Waals surface area contributed by atoms with Crippen LogP contribution in [-0.4, -0.2) is 65.2 Å². The topological polar surface area (TPSA) is 112 Å². The second kappa shape index (κ2) is 10.3. The molecule has 0 amide bonds. The molecule has 2 aliphatic heterocycles. The predicted octanol–water partition coefficient (Wildman–Crippen LogP) is 3.63. The van der Waals surface area contributed by atoms with Crippen LogP contribution in [0.2, 0.25) is 5.02 Å². The summed E-state index contributed by atoms with van der Waals surface area (Å²) >= 11 is 8.11. The normalized spacial score (nSPS) is 23.7. The van der Waals surface area contributed by atoms with E-state index in [4.69, 9.17) is 31.5 Å².